The van der Waals surface area contributed by atoms with Crippen molar-refractivity contribution in [1.29, 1.82) is 0 Å². The molecule has 0 N–H and O–H groups in total. The van der Waals surface area contributed by atoms with Crippen LogP contribution in [0.15, 0.2) is 36.7 Å². The third-order valence-corrected chi connectivity index (χ3v) is 2.81. The minimum absolute atomic E-state index is 0.00316. The van der Waals surface area contributed by atoms with Crippen LogP contribution in [0.5, 0.6) is 0 Å². The fraction of sp³-hybridized carbons (Fsp3) is 0.231. The number of benzene rings is 1. The van der Waals surface area contributed by atoms with E-state index in [-0.39, 0.29) is 6.10 Å². The first-order valence-corrected chi connectivity index (χ1v) is 5.69. The number of hydrogen-bond acceptors (Lipinski definition) is 3. The molecule has 0 radical (unpaired) electrons. The maximum Gasteiger partial charge on any atom is 0.159 e. The Labute approximate surface area is 105 Å². The first-order chi connectivity index (χ1) is 8.20. The van der Waals surface area contributed by atoms with Crippen LogP contribution >= 0.6 is 11.6 Å². The highest BCUT2D eigenvalue weighted by atomic mass is 35.5. The normalized spacial score (nSPS) is 12.4. The summed E-state index contributed by atoms with van der Waals surface area (Å²) in [5.41, 5.74) is 1.87. The molecule has 1 heterocycles. The zero-order valence-electron chi connectivity index (χ0n) is 9.72. The van der Waals surface area contributed by atoms with Gasteiger partial charge in [-0.25, -0.2) is 9.97 Å². The van der Waals surface area contributed by atoms with Crippen molar-refractivity contribution in [2.45, 2.75) is 13.0 Å². The van der Waals surface area contributed by atoms with E-state index in [1.807, 2.05) is 31.2 Å². The molecule has 0 saturated carbocycles. The van der Waals surface area contributed by atoms with Crippen molar-refractivity contribution in [2.75, 3.05) is 7.11 Å². The molecule has 0 aliphatic carbocycles. The molecule has 2 aromatic rings. The Morgan fingerprint density at radius 1 is 1.24 bits per heavy atom. The van der Waals surface area contributed by atoms with E-state index in [0.717, 1.165) is 11.1 Å². The Morgan fingerprint density at radius 2 is 1.94 bits per heavy atom. The van der Waals surface area contributed by atoms with E-state index in [1.165, 1.54) is 0 Å². The highest BCUT2D eigenvalue weighted by Crippen LogP contribution is 2.20. The molecule has 0 unspecified atom stereocenters. The maximum atomic E-state index is 5.92. The predicted octanol–water partition coefficient (Wildman–Crippen LogP) is 3.50. The zero-order valence-corrected chi connectivity index (χ0v) is 10.5. The molecule has 1 aromatic heterocycles. The van der Waals surface area contributed by atoms with Crippen LogP contribution in [0.2, 0.25) is 5.02 Å². The van der Waals surface area contributed by atoms with Gasteiger partial charge in [0, 0.05) is 35.7 Å². The summed E-state index contributed by atoms with van der Waals surface area (Å²) in [5.74, 6) is 0.666. The largest absolute Gasteiger partial charge is 0.377 e. The number of nitrogens with zero attached hydrogens (tertiary/aromatic N) is 2. The molecule has 0 amide bonds. The number of halogens is 1. The number of ether oxygens (including phenoxy) is 1. The van der Waals surface area contributed by atoms with Gasteiger partial charge in [-0.2, -0.15) is 0 Å². The molecule has 0 saturated heterocycles. The summed E-state index contributed by atoms with van der Waals surface area (Å²) >= 11 is 5.92. The fourth-order valence-electron chi connectivity index (χ4n) is 1.46. The molecule has 17 heavy (non-hydrogen) atoms. The van der Waals surface area contributed by atoms with Crippen LogP contribution in [0.4, 0.5) is 0 Å². The van der Waals surface area contributed by atoms with Crippen LogP contribution in [0, 0.1) is 0 Å². The SMILES string of the molecule is CO[C@H](C)c1cnc(-c2cccc(Cl)c2)nc1. The van der Waals surface area contributed by atoms with E-state index in [0.29, 0.717) is 10.8 Å². The van der Waals surface area contributed by atoms with Crippen molar-refractivity contribution in [3.8, 4) is 11.4 Å². The second-order valence-corrected chi connectivity index (χ2v) is 4.16. The Bertz CT molecular complexity index is 499. The summed E-state index contributed by atoms with van der Waals surface area (Å²) in [5, 5.41) is 0.681. The fourth-order valence-corrected chi connectivity index (χ4v) is 1.65. The zero-order chi connectivity index (χ0) is 12.3. The quantitative estimate of drug-likeness (QED) is 0.834. The molecule has 88 valence electrons. The van der Waals surface area contributed by atoms with Gasteiger partial charge in [-0.05, 0) is 19.1 Å². The van der Waals surface area contributed by atoms with Gasteiger partial charge in [0.1, 0.15) is 0 Å². The van der Waals surface area contributed by atoms with Crippen LogP contribution in [-0.2, 0) is 4.74 Å². The van der Waals surface area contributed by atoms with Crippen LogP contribution in [0.3, 0.4) is 0 Å². The van der Waals surface area contributed by atoms with Crippen molar-refractivity contribution in [3.05, 3.63) is 47.2 Å². The first kappa shape index (κ1) is 12.0. The molecule has 0 aliphatic rings. The van der Waals surface area contributed by atoms with Gasteiger partial charge in [0.2, 0.25) is 0 Å². The standard InChI is InChI=1S/C13H13ClN2O/c1-9(17-2)11-7-15-13(16-8-11)10-4-3-5-12(14)6-10/h3-9H,1-2H3/t9-/m1/s1. The molecule has 0 fully saturated rings. The lowest BCUT2D eigenvalue weighted by Gasteiger charge is -2.09. The van der Waals surface area contributed by atoms with E-state index in [9.17, 15) is 0 Å². The van der Waals surface area contributed by atoms with Crippen molar-refractivity contribution >= 4 is 11.6 Å². The third-order valence-electron chi connectivity index (χ3n) is 2.58. The van der Waals surface area contributed by atoms with Gasteiger partial charge in [0.05, 0.1) is 6.10 Å². The van der Waals surface area contributed by atoms with E-state index in [2.05, 4.69) is 9.97 Å². The van der Waals surface area contributed by atoms with E-state index < -0.39 is 0 Å². The lowest BCUT2D eigenvalue weighted by atomic mass is 10.2. The average molecular weight is 249 g/mol. The molecule has 1 aromatic carbocycles. The Balaban J connectivity index is 2.29. The van der Waals surface area contributed by atoms with Crippen LogP contribution in [0.25, 0.3) is 11.4 Å². The molecule has 0 bridgehead atoms. The number of methoxy groups -OCH3 is 1. The third kappa shape index (κ3) is 2.81. The van der Waals surface area contributed by atoms with Crippen molar-refractivity contribution in [1.82, 2.24) is 9.97 Å². The van der Waals surface area contributed by atoms with Crippen molar-refractivity contribution in [3.63, 3.8) is 0 Å². The van der Waals surface area contributed by atoms with Gasteiger partial charge in [-0.3, -0.25) is 0 Å². The van der Waals surface area contributed by atoms with Crippen LogP contribution in [0.1, 0.15) is 18.6 Å². The summed E-state index contributed by atoms with van der Waals surface area (Å²) in [4.78, 5) is 8.62. The van der Waals surface area contributed by atoms with Gasteiger partial charge in [-0.15, -0.1) is 0 Å². The molecule has 4 heteroatoms. The summed E-state index contributed by atoms with van der Waals surface area (Å²) in [6.07, 6.45) is 3.55. The van der Waals surface area contributed by atoms with Gasteiger partial charge >= 0.3 is 0 Å². The number of aromatic nitrogens is 2. The molecule has 1 atom stereocenters. The van der Waals surface area contributed by atoms with Gasteiger partial charge < -0.3 is 4.74 Å². The van der Waals surface area contributed by atoms with Gasteiger partial charge in [0.25, 0.3) is 0 Å². The summed E-state index contributed by atoms with van der Waals surface area (Å²) < 4.78 is 5.20. The minimum Gasteiger partial charge on any atom is -0.377 e. The summed E-state index contributed by atoms with van der Waals surface area (Å²) in [7, 11) is 1.66. The highest BCUT2D eigenvalue weighted by Gasteiger charge is 2.06. The predicted molar refractivity (Wildman–Crippen MR) is 67.9 cm³/mol. The molecule has 3 nitrogen and oxygen atoms in total. The van der Waals surface area contributed by atoms with Crippen LogP contribution in [-0.4, -0.2) is 17.1 Å². The first-order valence-electron chi connectivity index (χ1n) is 5.31. The topological polar surface area (TPSA) is 35.0 Å². The monoisotopic (exact) mass is 248 g/mol. The lowest BCUT2D eigenvalue weighted by Crippen LogP contribution is -1.98. The molecular weight excluding hydrogens is 236 g/mol. The van der Waals surface area contributed by atoms with Crippen molar-refractivity contribution < 1.29 is 4.74 Å². The molecular formula is C13H13ClN2O. The van der Waals surface area contributed by atoms with Crippen molar-refractivity contribution in [2.24, 2.45) is 0 Å². The Kier molecular flexibility index (Phi) is 3.71. The van der Waals surface area contributed by atoms with Gasteiger partial charge in [0.15, 0.2) is 5.82 Å². The van der Waals surface area contributed by atoms with Gasteiger partial charge in [-0.1, -0.05) is 23.7 Å². The summed E-state index contributed by atoms with van der Waals surface area (Å²) in [6.45, 7) is 1.96. The Morgan fingerprint density at radius 3 is 2.53 bits per heavy atom. The number of hydrogen-bond donors (Lipinski definition) is 0. The van der Waals surface area contributed by atoms with E-state index in [1.54, 1.807) is 19.5 Å². The minimum atomic E-state index is 0.00316. The van der Waals surface area contributed by atoms with Crippen LogP contribution < -0.4 is 0 Å². The maximum absolute atomic E-state index is 5.92. The Hall–Kier alpha value is -1.45. The highest BCUT2D eigenvalue weighted by molar-refractivity contribution is 6.30. The number of rotatable bonds is 3. The summed E-state index contributed by atoms with van der Waals surface area (Å²) in [6, 6.07) is 7.48. The average Bonchev–Trinajstić information content (AvgIpc) is 2.38. The van der Waals surface area contributed by atoms with E-state index in [4.69, 9.17) is 16.3 Å². The molecule has 0 spiro atoms. The van der Waals surface area contributed by atoms with E-state index >= 15 is 0 Å². The smallest absolute Gasteiger partial charge is 0.159 e. The second kappa shape index (κ2) is 5.25. The lowest BCUT2D eigenvalue weighted by molar-refractivity contribution is 0.119. The molecule has 0 aliphatic heterocycles. The molecule has 2 rings (SSSR count). The second-order valence-electron chi connectivity index (χ2n) is 3.73.